The molecule has 56 heavy (non-hydrogen) atoms. The van der Waals surface area contributed by atoms with Gasteiger partial charge >= 0.3 is 12.0 Å². The van der Waals surface area contributed by atoms with E-state index in [0.717, 1.165) is 43.6 Å². The molecule has 14 nitrogen and oxygen atoms in total. The topological polar surface area (TPSA) is 183 Å². The molecule has 5 aromatic rings. The average molecular weight is 764 g/mol. The molecular formula is C42H49N7O7. The predicted octanol–water partition coefficient (Wildman–Crippen LogP) is 4.29. The van der Waals surface area contributed by atoms with E-state index in [1.807, 2.05) is 54.6 Å². The molecular weight excluding hydrogens is 715 g/mol. The van der Waals surface area contributed by atoms with Crippen LogP contribution < -0.4 is 26.2 Å². The number of phenols is 1. The maximum atomic E-state index is 13.3. The van der Waals surface area contributed by atoms with Crippen molar-refractivity contribution in [3.63, 3.8) is 0 Å². The number of hydrogen-bond acceptors (Lipinski definition) is 10. The molecule has 3 atom stereocenters. The maximum absolute atomic E-state index is 13.3. The number of urea groups is 1. The van der Waals surface area contributed by atoms with Crippen LogP contribution in [0.5, 0.6) is 11.5 Å². The van der Waals surface area contributed by atoms with Crippen LogP contribution >= 0.6 is 0 Å². The van der Waals surface area contributed by atoms with Crippen LogP contribution in [0.25, 0.3) is 10.9 Å². The van der Waals surface area contributed by atoms with Crippen LogP contribution in [0.1, 0.15) is 70.7 Å². The minimum atomic E-state index is -0.853. The van der Waals surface area contributed by atoms with E-state index in [9.17, 15) is 24.6 Å². The van der Waals surface area contributed by atoms with Gasteiger partial charge in [0.25, 0.3) is 0 Å². The Bertz CT molecular complexity index is 2180. The molecule has 3 aliphatic rings. The van der Waals surface area contributed by atoms with E-state index in [-0.39, 0.29) is 60.4 Å². The maximum Gasteiger partial charge on any atom is 0.358 e. The number of ether oxygens (including phenoxy) is 2. The van der Waals surface area contributed by atoms with Gasteiger partial charge in [0.1, 0.15) is 18.1 Å². The highest BCUT2D eigenvalue weighted by molar-refractivity contribution is 5.88. The van der Waals surface area contributed by atoms with Crippen LogP contribution in [0.3, 0.4) is 0 Å². The van der Waals surface area contributed by atoms with Gasteiger partial charge in [0.2, 0.25) is 5.56 Å². The molecule has 0 radical (unpaired) electrons. The number of carbonyl (C=O) groups excluding carboxylic acids is 2. The minimum Gasteiger partial charge on any atom is -0.506 e. The second-order valence-corrected chi connectivity index (χ2v) is 14.6. The highest BCUT2D eigenvalue weighted by atomic mass is 16.5. The number of amides is 2. The van der Waals surface area contributed by atoms with Crippen molar-refractivity contribution in [3.8, 4) is 11.5 Å². The number of aromatic amines is 1. The number of aliphatic hydroxyl groups excluding tert-OH is 1. The Morgan fingerprint density at radius 2 is 1.79 bits per heavy atom. The number of phenolic OH excluding ortho intramolecular Hbond substituents is 1. The summed E-state index contributed by atoms with van der Waals surface area (Å²) in [6, 6.07) is 24.8. The first-order valence-electron chi connectivity index (χ1n) is 19.2. The number of H-pyrrole nitrogens is 1. The predicted molar refractivity (Wildman–Crippen MR) is 210 cm³/mol. The van der Waals surface area contributed by atoms with E-state index in [2.05, 4.69) is 30.9 Å². The smallest absolute Gasteiger partial charge is 0.358 e. The van der Waals surface area contributed by atoms with Crippen molar-refractivity contribution in [2.45, 2.75) is 50.5 Å². The number of aryl methyl sites for hydroxylation is 1. The van der Waals surface area contributed by atoms with Crippen LogP contribution in [0, 0.1) is 5.92 Å². The summed E-state index contributed by atoms with van der Waals surface area (Å²) >= 11 is 0. The first-order chi connectivity index (χ1) is 27.2. The number of piperidine rings is 3. The summed E-state index contributed by atoms with van der Waals surface area (Å²) in [6.07, 6.45) is 2.70. The van der Waals surface area contributed by atoms with E-state index in [4.69, 9.17) is 9.47 Å². The summed E-state index contributed by atoms with van der Waals surface area (Å²) in [5, 5.41) is 35.4. The number of aromatic nitrogens is 3. The zero-order chi connectivity index (χ0) is 39.0. The molecule has 2 aromatic heterocycles. The Morgan fingerprint density at radius 3 is 2.57 bits per heavy atom. The van der Waals surface area contributed by atoms with Gasteiger partial charge in [-0.1, -0.05) is 48.5 Å². The Balaban J connectivity index is 0.867. The van der Waals surface area contributed by atoms with Gasteiger partial charge in [-0.3, -0.25) is 9.48 Å². The number of hydrogen-bond donors (Lipinski definition) is 6. The fourth-order valence-electron chi connectivity index (χ4n) is 7.65. The van der Waals surface area contributed by atoms with Crippen molar-refractivity contribution in [1.82, 2.24) is 35.6 Å². The van der Waals surface area contributed by atoms with Crippen LogP contribution in [0.2, 0.25) is 0 Å². The lowest BCUT2D eigenvalue weighted by atomic mass is 9.84. The van der Waals surface area contributed by atoms with Crippen LogP contribution in [-0.4, -0.2) is 87.3 Å². The first-order valence-corrected chi connectivity index (χ1v) is 19.2. The molecule has 3 aromatic carbocycles. The van der Waals surface area contributed by atoms with Crippen LogP contribution in [-0.2, 0) is 18.4 Å². The Morgan fingerprint density at radius 1 is 0.982 bits per heavy atom. The molecule has 3 saturated heterocycles. The number of benzene rings is 3. The molecule has 0 unspecified atom stereocenters. The normalized spacial score (nSPS) is 18.6. The molecule has 5 heterocycles. The van der Waals surface area contributed by atoms with Gasteiger partial charge in [0.05, 0.1) is 30.0 Å². The molecule has 2 bridgehead atoms. The summed E-state index contributed by atoms with van der Waals surface area (Å²) in [5.41, 5.74) is 3.25. The van der Waals surface area contributed by atoms with Gasteiger partial charge in [-0.15, -0.1) is 0 Å². The van der Waals surface area contributed by atoms with Crippen LogP contribution in [0.4, 0.5) is 4.79 Å². The number of fused-ring (bicyclic) bond motifs is 4. The highest BCUT2D eigenvalue weighted by Crippen LogP contribution is 2.30. The van der Waals surface area contributed by atoms with Gasteiger partial charge in [-0.2, -0.15) is 5.10 Å². The molecule has 0 aliphatic carbocycles. The summed E-state index contributed by atoms with van der Waals surface area (Å²) in [7, 11) is 1.75. The van der Waals surface area contributed by atoms with E-state index in [0.29, 0.717) is 47.7 Å². The zero-order valence-electron chi connectivity index (χ0n) is 31.4. The van der Waals surface area contributed by atoms with E-state index in [1.165, 1.54) is 12.1 Å². The number of unbranched alkanes of at least 4 members (excludes halogenated alkanes) is 1. The van der Waals surface area contributed by atoms with Gasteiger partial charge in [0, 0.05) is 37.6 Å². The minimum absolute atomic E-state index is 0.0587. The number of aromatic hydroxyl groups is 1. The van der Waals surface area contributed by atoms with Crippen molar-refractivity contribution < 1.29 is 29.3 Å². The molecule has 8 rings (SSSR count). The quantitative estimate of drug-likeness (QED) is 0.0627. The Labute approximate surface area is 324 Å². The van der Waals surface area contributed by atoms with Crippen molar-refractivity contribution in [1.29, 1.82) is 0 Å². The summed E-state index contributed by atoms with van der Waals surface area (Å²) in [5.74, 6) is 0.548. The molecule has 14 heteroatoms. The van der Waals surface area contributed by atoms with Gasteiger partial charge in [-0.05, 0) is 98.3 Å². The van der Waals surface area contributed by atoms with Crippen molar-refractivity contribution in [3.05, 3.63) is 123 Å². The first kappa shape index (κ1) is 38.6. The molecule has 3 aliphatic heterocycles. The fourth-order valence-corrected chi connectivity index (χ4v) is 7.65. The summed E-state index contributed by atoms with van der Waals surface area (Å²) in [6.45, 7) is 4.34. The number of nitrogens with one attached hydrogen (secondary N) is 4. The third-order valence-corrected chi connectivity index (χ3v) is 10.7. The van der Waals surface area contributed by atoms with E-state index in [1.54, 1.807) is 29.9 Å². The third-order valence-electron chi connectivity index (χ3n) is 10.7. The number of esters is 1. The summed E-state index contributed by atoms with van der Waals surface area (Å²) in [4.78, 5) is 42.8. The van der Waals surface area contributed by atoms with Crippen LogP contribution in [0.15, 0.2) is 89.7 Å². The second-order valence-electron chi connectivity index (χ2n) is 14.6. The lowest BCUT2D eigenvalue weighted by Crippen LogP contribution is -2.58. The number of nitrogens with zero attached hydrogens (tertiary/aromatic N) is 3. The molecule has 0 spiro atoms. The lowest BCUT2D eigenvalue weighted by molar-refractivity contribution is 0.0490. The summed E-state index contributed by atoms with van der Waals surface area (Å²) < 4.78 is 13.2. The number of carbonyl (C=O) groups is 2. The van der Waals surface area contributed by atoms with Crippen molar-refractivity contribution in [2.24, 2.45) is 13.0 Å². The molecule has 294 valence electrons. The molecule has 2 amide bonds. The SMILES string of the molecule is Cn1nc(C(=O)OCCCCNC[C@H](O)c2ccc(O)c3[nH]c(=O)ccc23)cc1COc1cccc([C@@H](NC(=O)N[C@H]2CN3CCC2CC3)c2ccccc2)c1. The van der Waals surface area contributed by atoms with Gasteiger partial charge in [0.15, 0.2) is 5.69 Å². The van der Waals surface area contributed by atoms with E-state index >= 15 is 0 Å². The second kappa shape index (κ2) is 17.8. The average Bonchev–Trinajstić information content (AvgIpc) is 3.60. The Hall–Kier alpha value is -5.70. The van der Waals surface area contributed by atoms with Crippen molar-refractivity contribution in [2.75, 3.05) is 39.3 Å². The number of rotatable bonds is 16. The highest BCUT2D eigenvalue weighted by Gasteiger charge is 2.35. The molecule has 3 fully saturated rings. The lowest BCUT2D eigenvalue weighted by Gasteiger charge is -2.45. The molecule has 6 N–H and O–H groups in total. The monoisotopic (exact) mass is 763 g/mol. The Kier molecular flexibility index (Phi) is 12.3. The third kappa shape index (κ3) is 9.39. The standard InChI is InChI=1S/C42H49N7O7/c1-48-30(23-34(47-48)41(53)55-21-6-5-18-43-24-37(51)32-12-14-36(50)40-33(32)13-15-38(52)45-40)26-56-31-11-7-10-29(22-31)39(28-8-3-2-4-9-28)46-42(54)44-35-25-49-19-16-27(35)17-20-49/h2-4,7-15,22-23,27,35,37,39,43,50-51H,5-6,16-21,24-26H2,1H3,(H,45,52)(H2,44,46,54)/t35-,37-,39-/m0/s1. The zero-order valence-corrected chi connectivity index (χ0v) is 31.4. The largest absolute Gasteiger partial charge is 0.506 e. The number of aliphatic hydroxyl groups is 1. The van der Waals surface area contributed by atoms with Gasteiger partial charge < -0.3 is 45.5 Å². The van der Waals surface area contributed by atoms with Gasteiger partial charge in [-0.25, -0.2) is 9.59 Å². The van der Waals surface area contributed by atoms with E-state index < -0.39 is 12.1 Å². The number of pyridine rings is 1. The van der Waals surface area contributed by atoms with Crippen molar-refractivity contribution >= 4 is 22.9 Å². The molecule has 0 saturated carbocycles. The fraction of sp³-hybridized carbons (Fsp3) is 0.381.